The summed E-state index contributed by atoms with van der Waals surface area (Å²) in [5.41, 5.74) is -0.483. The van der Waals surface area contributed by atoms with E-state index < -0.39 is 32.3 Å². The van der Waals surface area contributed by atoms with Gasteiger partial charge in [-0.25, -0.2) is 0 Å². The van der Waals surface area contributed by atoms with Crippen LogP contribution in [0.25, 0.3) is 21.5 Å². The topological polar surface area (TPSA) is 99.1 Å². The molecule has 0 radical (unpaired) electrons. The first-order chi connectivity index (χ1) is 18.3. The predicted octanol–water partition coefficient (Wildman–Crippen LogP) is 7.56. The van der Waals surface area contributed by atoms with Crippen LogP contribution in [-0.4, -0.2) is 36.8 Å². The van der Waals surface area contributed by atoms with Crippen molar-refractivity contribution in [2.24, 2.45) is 0 Å². The number of rotatable bonds is 5. The summed E-state index contributed by atoms with van der Waals surface area (Å²) in [6.45, 7) is 19.2. The van der Waals surface area contributed by atoms with Gasteiger partial charge in [0.2, 0.25) is 0 Å². The Labute approximate surface area is 237 Å². The molecule has 8 heteroatoms. The fraction of sp³-hybridized carbons (Fsp3) is 0.469. The number of ketones is 2. The third-order valence-corrected chi connectivity index (χ3v) is 12.1. The molecule has 214 valence electrons. The van der Waals surface area contributed by atoms with E-state index in [9.17, 15) is 19.5 Å². The molecule has 4 rings (SSSR count). The van der Waals surface area contributed by atoms with Gasteiger partial charge in [0.1, 0.15) is 28.6 Å². The SMILES string of the molecule is CC(=O)CC(=O)c1c(CC(=O)OC(C)(C)C)cc2cc3cccc4c3c(c2c1O)O[Si](C(C)(C)C)(C(C)(C)C)O4. The van der Waals surface area contributed by atoms with Gasteiger partial charge >= 0.3 is 14.5 Å². The van der Waals surface area contributed by atoms with Crippen molar-refractivity contribution in [2.75, 3.05) is 0 Å². The summed E-state index contributed by atoms with van der Waals surface area (Å²) in [7, 11) is -3.11. The smallest absolute Gasteiger partial charge is 0.471 e. The number of benzene rings is 3. The Kier molecular flexibility index (Phi) is 7.11. The molecule has 0 spiro atoms. The molecule has 40 heavy (non-hydrogen) atoms. The zero-order valence-corrected chi connectivity index (χ0v) is 26.2. The lowest BCUT2D eigenvalue weighted by Gasteiger charge is -2.50. The molecule has 1 N–H and O–H groups in total. The van der Waals surface area contributed by atoms with Gasteiger partial charge in [-0.15, -0.1) is 0 Å². The Balaban J connectivity index is 2.08. The summed E-state index contributed by atoms with van der Waals surface area (Å²) in [4.78, 5) is 38.2. The zero-order chi connectivity index (χ0) is 30.0. The lowest BCUT2D eigenvalue weighted by atomic mass is 9.91. The van der Waals surface area contributed by atoms with Gasteiger partial charge in [-0.2, -0.15) is 0 Å². The monoisotopic (exact) mass is 564 g/mol. The predicted molar refractivity (Wildman–Crippen MR) is 159 cm³/mol. The van der Waals surface area contributed by atoms with E-state index in [-0.39, 0.29) is 33.6 Å². The Bertz CT molecular complexity index is 1530. The lowest BCUT2D eigenvalue weighted by Crippen LogP contribution is -2.63. The maximum atomic E-state index is 13.4. The Morgan fingerprint density at radius 3 is 2.05 bits per heavy atom. The van der Waals surface area contributed by atoms with Crippen molar-refractivity contribution in [2.45, 2.75) is 97.8 Å². The second-order valence-electron chi connectivity index (χ2n) is 13.8. The first-order valence-corrected chi connectivity index (χ1v) is 15.4. The Morgan fingerprint density at radius 2 is 1.50 bits per heavy atom. The van der Waals surface area contributed by atoms with E-state index in [2.05, 4.69) is 41.5 Å². The molecule has 0 amide bonds. The number of hydrogen-bond acceptors (Lipinski definition) is 7. The van der Waals surface area contributed by atoms with Crippen LogP contribution in [0.5, 0.6) is 17.2 Å². The van der Waals surface area contributed by atoms with Crippen molar-refractivity contribution < 1.29 is 33.1 Å². The summed E-state index contributed by atoms with van der Waals surface area (Å²) < 4.78 is 19.3. The number of Topliss-reactive ketones (excluding diaryl/α,β-unsaturated/α-hetero) is 2. The first kappa shape index (κ1) is 29.6. The minimum atomic E-state index is -3.11. The number of esters is 1. The molecule has 0 aromatic heterocycles. The molecule has 0 aliphatic carbocycles. The highest BCUT2D eigenvalue weighted by Crippen LogP contribution is 2.58. The molecule has 0 atom stereocenters. The van der Waals surface area contributed by atoms with Crippen LogP contribution in [0, 0.1) is 0 Å². The zero-order valence-electron chi connectivity index (χ0n) is 25.2. The molecule has 0 saturated heterocycles. The molecular formula is C32H40O7Si. The van der Waals surface area contributed by atoms with Gasteiger partial charge in [-0.1, -0.05) is 53.7 Å². The molecule has 3 aromatic rings. The second-order valence-corrected chi connectivity index (χ2v) is 18.4. The number of hydrogen-bond donors (Lipinski definition) is 1. The minimum absolute atomic E-state index is 0.0597. The van der Waals surface area contributed by atoms with Gasteiger partial charge in [0.05, 0.1) is 29.2 Å². The highest BCUT2D eigenvalue weighted by atomic mass is 28.4. The average Bonchev–Trinajstić information content (AvgIpc) is 2.75. The Hall–Kier alpha value is -3.39. The van der Waals surface area contributed by atoms with Crippen LogP contribution in [-0.2, 0) is 20.7 Å². The number of phenols is 1. The van der Waals surface area contributed by atoms with Gasteiger partial charge in [0.15, 0.2) is 5.78 Å². The minimum Gasteiger partial charge on any atom is -0.511 e. The van der Waals surface area contributed by atoms with Crippen LogP contribution in [0.3, 0.4) is 0 Å². The van der Waals surface area contributed by atoms with E-state index in [1.54, 1.807) is 26.8 Å². The summed E-state index contributed by atoms with van der Waals surface area (Å²) in [6, 6.07) is 9.40. The number of aromatic hydroxyl groups is 1. The molecular weight excluding hydrogens is 524 g/mol. The van der Waals surface area contributed by atoms with Gasteiger partial charge in [0, 0.05) is 10.1 Å². The number of fused-ring (bicyclic) bond motifs is 2. The van der Waals surface area contributed by atoms with Crippen molar-refractivity contribution in [3.8, 4) is 17.2 Å². The maximum absolute atomic E-state index is 13.4. The number of carbonyl (C=O) groups excluding carboxylic acids is 3. The fourth-order valence-corrected chi connectivity index (χ4v) is 10.3. The van der Waals surface area contributed by atoms with E-state index >= 15 is 0 Å². The van der Waals surface area contributed by atoms with Crippen molar-refractivity contribution in [1.29, 1.82) is 0 Å². The Morgan fingerprint density at radius 1 is 0.875 bits per heavy atom. The average molecular weight is 565 g/mol. The second kappa shape index (κ2) is 9.61. The van der Waals surface area contributed by atoms with Crippen molar-refractivity contribution in [3.63, 3.8) is 0 Å². The number of ether oxygens (including phenoxy) is 1. The van der Waals surface area contributed by atoms with Crippen LogP contribution >= 0.6 is 0 Å². The molecule has 1 aliphatic rings. The number of phenolic OH excluding ortho intramolecular Hbond substituents is 1. The maximum Gasteiger partial charge on any atom is 0.471 e. The molecule has 0 unspecified atom stereocenters. The molecule has 0 fully saturated rings. The van der Waals surface area contributed by atoms with Crippen LogP contribution in [0.2, 0.25) is 10.1 Å². The third kappa shape index (κ3) is 5.09. The molecule has 7 nitrogen and oxygen atoms in total. The lowest BCUT2D eigenvalue weighted by molar-refractivity contribution is -0.153. The van der Waals surface area contributed by atoms with Gasteiger partial charge in [-0.3, -0.25) is 14.4 Å². The fourth-order valence-electron chi connectivity index (χ4n) is 5.84. The number of carbonyl (C=O) groups is 3. The quantitative estimate of drug-likeness (QED) is 0.112. The van der Waals surface area contributed by atoms with Crippen molar-refractivity contribution in [3.05, 3.63) is 41.5 Å². The van der Waals surface area contributed by atoms with Crippen LogP contribution in [0.15, 0.2) is 30.3 Å². The van der Waals surface area contributed by atoms with Crippen LogP contribution in [0.4, 0.5) is 0 Å². The van der Waals surface area contributed by atoms with E-state index in [1.807, 2.05) is 24.3 Å². The van der Waals surface area contributed by atoms with Crippen LogP contribution in [0.1, 0.15) is 91.6 Å². The third-order valence-electron chi connectivity index (χ3n) is 7.15. The largest absolute Gasteiger partial charge is 0.511 e. The summed E-state index contributed by atoms with van der Waals surface area (Å²) in [5, 5.41) is 13.6. The molecule has 0 saturated carbocycles. The van der Waals surface area contributed by atoms with E-state index in [0.29, 0.717) is 33.2 Å². The van der Waals surface area contributed by atoms with E-state index in [4.69, 9.17) is 13.6 Å². The first-order valence-electron chi connectivity index (χ1n) is 13.6. The molecule has 0 bridgehead atoms. The molecule has 1 aliphatic heterocycles. The summed E-state index contributed by atoms with van der Waals surface area (Å²) in [5.74, 6) is -0.611. The normalized spacial score (nSPS) is 14.9. The van der Waals surface area contributed by atoms with Gasteiger partial charge in [-0.05, 0) is 62.2 Å². The standard InChI is InChI=1S/C32H40O7Si/c1-18(33)14-22(34)25-21(17-24(35)37-30(2,3)4)16-20-15-19-12-11-13-23-26(19)29(27(20)28(25)36)39-40(38-23,31(5,6)7)32(8,9)10/h11-13,15-16,36H,14,17H2,1-10H3. The molecule has 1 heterocycles. The van der Waals surface area contributed by atoms with Crippen LogP contribution < -0.4 is 8.85 Å². The molecule has 3 aromatic carbocycles. The van der Waals surface area contributed by atoms with Crippen molar-refractivity contribution in [1.82, 2.24) is 0 Å². The van der Waals surface area contributed by atoms with Gasteiger partial charge in [0.25, 0.3) is 0 Å². The van der Waals surface area contributed by atoms with E-state index in [0.717, 1.165) is 5.39 Å². The van der Waals surface area contributed by atoms with Gasteiger partial charge < -0.3 is 18.7 Å². The highest BCUT2D eigenvalue weighted by Gasteiger charge is 2.64. The summed E-state index contributed by atoms with van der Waals surface area (Å²) in [6.07, 6.45) is -0.638. The van der Waals surface area contributed by atoms with Crippen molar-refractivity contribution >= 4 is 47.6 Å². The summed E-state index contributed by atoms with van der Waals surface area (Å²) >= 11 is 0. The van der Waals surface area contributed by atoms with E-state index in [1.165, 1.54) is 6.92 Å². The highest BCUT2D eigenvalue weighted by molar-refractivity contribution is 6.75.